The minimum atomic E-state index is -1.05. The van der Waals surface area contributed by atoms with Gasteiger partial charge in [-0.15, -0.1) is 0 Å². The first-order valence-electron chi connectivity index (χ1n) is 6.07. The Morgan fingerprint density at radius 3 is 2.41 bits per heavy atom. The third-order valence-electron chi connectivity index (χ3n) is 2.77. The first-order valence-corrected chi connectivity index (χ1v) is 6.48. The lowest BCUT2D eigenvalue weighted by Crippen LogP contribution is -2.28. The van der Waals surface area contributed by atoms with Crippen LogP contribution < -0.4 is 0 Å². The fraction of sp³-hybridized carbons (Fsp3) is 0.833. The highest BCUT2D eigenvalue weighted by atomic mass is 32.1. The SMILES string of the molecule is CCCCC(CC)CC(OCC(=O)O)C(O)=S. The molecule has 2 atom stereocenters. The third-order valence-corrected chi connectivity index (χ3v) is 3.04. The molecule has 0 aromatic heterocycles. The predicted octanol–water partition coefficient (Wildman–Crippen LogP) is 2.95. The van der Waals surface area contributed by atoms with Crippen molar-refractivity contribution in [2.75, 3.05) is 6.61 Å². The summed E-state index contributed by atoms with van der Waals surface area (Å²) in [5, 5.41) is 17.6. The van der Waals surface area contributed by atoms with Crippen LogP contribution in [0.5, 0.6) is 0 Å². The average Bonchev–Trinajstić information content (AvgIpc) is 2.27. The largest absolute Gasteiger partial charge is 0.500 e. The molecule has 0 aromatic rings. The number of ether oxygens (including phenoxy) is 1. The van der Waals surface area contributed by atoms with E-state index in [1.165, 1.54) is 0 Å². The number of carbonyl (C=O) groups is 1. The van der Waals surface area contributed by atoms with Gasteiger partial charge in [-0.3, -0.25) is 0 Å². The minimum Gasteiger partial charge on any atom is -0.500 e. The Balaban J connectivity index is 4.19. The van der Waals surface area contributed by atoms with Gasteiger partial charge >= 0.3 is 5.97 Å². The normalized spacial score (nSPS) is 14.2. The Bertz CT molecular complexity index is 243. The van der Waals surface area contributed by atoms with Crippen molar-refractivity contribution in [3.8, 4) is 0 Å². The molecule has 0 aliphatic heterocycles. The Morgan fingerprint density at radius 1 is 1.35 bits per heavy atom. The Hall–Kier alpha value is -0.680. The van der Waals surface area contributed by atoms with Crippen molar-refractivity contribution in [2.24, 2.45) is 5.92 Å². The highest BCUT2D eigenvalue weighted by Gasteiger charge is 2.20. The van der Waals surface area contributed by atoms with Crippen molar-refractivity contribution < 1.29 is 19.7 Å². The molecule has 0 aliphatic rings. The molecule has 17 heavy (non-hydrogen) atoms. The molecule has 0 spiro atoms. The van der Waals surface area contributed by atoms with Crippen LogP contribution in [0.1, 0.15) is 46.0 Å². The number of thiocarbonyl (C=S) groups is 1. The molecule has 0 rings (SSSR count). The van der Waals surface area contributed by atoms with Crippen molar-refractivity contribution in [1.82, 2.24) is 0 Å². The number of rotatable bonds is 10. The standard InChI is InChI=1S/C12H22O4S/c1-3-5-6-9(4-2)7-10(12(15)17)16-8-11(13)14/h9-10H,3-8H2,1-2H3,(H,13,14)(H,15,17). The van der Waals surface area contributed by atoms with E-state index in [9.17, 15) is 9.90 Å². The molecule has 0 aromatic carbocycles. The molecule has 100 valence electrons. The van der Waals surface area contributed by atoms with Crippen LogP contribution in [-0.2, 0) is 9.53 Å². The number of unbranched alkanes of at least 4 members (excludes halogenated alkanes) is 1. The van der Waals surface area contributed by atoms with Crippen LogP contribution in [0.3, 0.4) is 0 Å². The molecule has 2 unspecified atom stereocenters. The van der Waals surface area contributed by atoms with Gasteiger partial charge in [0.25, 0.3) is 0 Å². The summed E-state index contributed by atoms with van der Waals surface area (Å²) in [6.45, 7) is 3.78. The quantitative estimate of drug-likeness (QED) is 0.592. The molecule has 2 N–H and O–H groups in total. The van der Waals surface area contributed by atoms with Gasteiger partial charge in [-0.1, -0.05) is 39.5 Å². The number of aliphatic hydroxyl groups excluding tert-OH is 1. The molecule has 0 fully saturated rings. The molecule has 0 radical (unpaired) electrons. The maximum Gasteiger partial charge on any atom is 0.329 e. The zero-order valence-corrected chi connectivity index (χ0v) is 11.3. The molecular weight excluding hydrogens is 240 g/mol. The zero-order valence-electron chi connectivity index (χ0n) is 10.5. The van der Waals surface area contributed by atoms with Gasteiger partial charge in [0.2, 0.25) is 0 Å². The maximum atomic E-state index is 10.4. The van der Waals surface area contributed by atoms with Crippen molar-refractivity contribution >= 4 is 23.2 Å². The molecule has 0 saturated heterocycles. The lowest BCUT2D eigenvalue weighted by Gasteiger charge is -2.20. The second-order valence-corrected chi connectivity index (χ2v) is 4.60. The van der Waals surface area contributed by atoms with E-state index in [-0.39, 0.29) is 5.05 Å². The molecule has 5 heteroatoms. The fourth-order valence-electron chi connectivity index (χ4n) is 1.70. The summed E-state index contributed by atoms with van der Waals surface area (Å²) >= 11 is 4.69. The Morgan fingerprint density at radius 2 is 2.00 bits per heavy atom. The van der Waals surface area contributed by atoms with E-state index < -0.39 is 18.7 Å². The van der Waals surface area contributed by atoms with E-state index in [1.54, 1.807) is 0 Å². The summed E-state index contributed by atoms with van der Waals surface area (Å²) in [6.07, 6.45) is 4.25. The first-order chi connectivity index (χ1) is 8.01. The van der Waals surface area contributed by atoms with E-state index in [0.29, 0.717) is 12.3 Å². The van der Waals surface area contributed by atoms with Crippen LogP contribution in [-0.4, -0.2) is 33.9 Å². The maximum absolute atomic E-state index is 10.4. The topological polar surface area (TPSA) is 66.8 Å². The summed E-state index contributed by atoms with van der Waals surface area (Å²) in [6, 6.07) is 0. The highest BCUT2D eigenvalue weighted by Crippen LogP contribution is 2.20. The van der Waals surface area contributed by atoms with Crippen molar-refractivity contribution in [3.63, 3.8) is 0 Å². The van der Waals surface area contributed by atoms with E-state index in [0.717, 1.165) is 25.7 Å². The van der Waals surface area contributed by atoms with E-state index in [2.05, 4.69) is 26.1 Å². The summed E-state index contributed by atoms with van der Waals surface area (Å²) in [7, 11) is 0. The number of hydrogen-bond acceptors (Lipinski definition) is 3. The van der Waals surface area contributed by atoms with Gasteiger partial charge in [-0.05, 0) is 24.6 Å². The van der Waals surface area contributed by atoms with Crippen LogP contribution in [0.15, 0.2) is 0 Å². The van der Waals surface area contributed by atoms with E-state index in [1.807, 2.05) is 0 Å². The molecular formula is C12H22O4S. The third kappa shape index (κ3) is 8.10. The molecule has 0 aliphatic carbocycles. The molecule has 0 bridgehead atoms. The van der Waals surface area contributed by atoms with Gasteiger partial charge in [0.05, 0.1) is 0 Å². The lowest BCUT2D eigenvalue weighted by atomic mass is 9.93. The second kappa shape index (κ2) is 9.36. The number of hydrogen-bond donors (Lipinski definition) is 2. The smallest absolute Gasteiger partial charge is 0.329 e. The lowest BCUT2D eigenvalue weighted by molar-refractivity contribution is -0.143. The minimum absolute atomic E-state index is 0.249. The van der Waals surface area contributed by atoms with E-state index in [4.69, 9.17) is 9.84 Å². The Labute approximate surface area is 108 Å². The predicted molar refractivity (Wildman–Crippen MR) is 70.5 cm³/mol. The van der Waals surface area contributed by atoms with Gasteiger partial charge < -0.3 is 14.9 Å². The van der Waals surface area contributed by atoms with Crippen LogP contribution in [0.25, 0.3) is 0 Å². The summed E-state index contributed by atoms with van der Waals surface area (Å²) < 4.78 is 5.09. The van der Waals surface area contributed by atoms with Crippen LogP contribution in [0.2, 0.25) is 0 Å². The molecule has 4 nitrogen and oxygen atoms in total. The molecule has 0 saturated carbocycles. The van der Waals surface area contributed by atoms with Gasteiger partial charge in [0.15, 0.2) is 5.05 Å². The number of carboxylic acid groups (broad SMARTS) is 1. The number of aliphatic carboxylic acids is 1. The first kappa shape index (κ1) is 16.3. The summed E-state index contributed by atoms with van der Waals surface area (Å²) in [5.74, 6) is -0.633. The summed E-state index contributed by atoms with van der Waals surface area (Å²) in [5.41, 5.74) is 0. The van der Waals surface area contributed by atoms with E-state index >= 15 is 0 Å². The van der Waals surface area contributed by atoms with Gasteiger partial charge in [0, 0.05) is 0 Å². The average molecular weight is 262 g/mol. The molecule has 0 amide bonds. The number of aliphatic hydroxyl groups is 1. The van der Waals surface area contributed by atoms with Gasteiger partial charge in [-0.2, -0.15) is 0 Å². The monoisotopic (exact) mass is 262 g/mol. The van der Waals surface area contributed by atoms with Crippen LogP contribution >= 0.6 is 12.2 Å². The highest BCUT2D eigenvalue weighted by molar-refractivity contribution is 7.80. The van der Waals surface area contributed by atoms with Crippen molar-refractivity contribution in [1.29, 1.82) is 0 Å². The molecule has 0 heterocycles. The van der Waals surface area contributed by atoms with Crippen LogP contribution in [0.4, 0.5) is 0 Å². The fourth-order valence-corrected chi connectivity index (χ4v) is 1.86. The second-order valence-electron chi connectivity index (χ2n) is 4.18. The van der Waals surface area contributed by atoms with Gasteiger partial charge in [-0.25, -0.2) is 4.79 Å². The zero-order chi connectivity index (χ0) is 13.3. The van der Waals surface area contributed by atoms with Gasteiger partial charge in [0.1, 0.15) is 12.7 Å². The van der Waals surface area contributed by atoms with Crippen molar-refractivity contribution in [2.45, 2.75) is 52.1 Å². The van der Waals surface area contributed by atoms with Crippen molar-refractivity contribution in [3.05, 3.63) is 0 Å². The Kier molecular flexibility index (Phi) is 8.99. The van der Waals surface area contributed by atoms with Crippen LogP contribution in [0, 0.1) is 5.92 Å². The summed E-state index contributed by atoms with van der Waals surface area (Å²) in [4.78, 5) is 10.4. The number of carboxylic acids is 1.